The van der Waals surface area contributed by atoms with Gasteiger partial charge in [-0.05, 0) is 19.9 Å². The number of fused-ring (bicyclic) bond motifs is 1. The summed E-state index contributed by atoms with van der Waals surface area (Å²) in [4.78, 5) is 5.55. The van der Waals surface area contributed by atoms with Gasteiger partial charge in [0.05, 0.1) is 22.7 Å². The van der Waals surface area contributed by atoms with Crippen molar-refractivity contribution < 1.29 is 5.11 Å². The van der Waals surface area contributed by atoms with E-state index in [2.05, 4.69) is 0 Å². The van der Waals surface area contributed by atoms with Crippen molar-refractivity contribution in [1.82, 2.24) is 9.38 Å². The summed E-state index contributed by atoms with van der Waals surface area (Å²) >= 11 is 1.30. The van der Waals surface area contributed by atoms with Crippen molar-refractivity contribution in [3.05, 3.63) is 77.1 Å². The first-order valence-electron chi connectivity index (χ1n) is 8.40. The van der Waals surface area contributed by atoms with Crippen LogP contribution >= 0.6 is 11.3 Å². The smallest absolute Gasteiger partial charge is 0.196 e. The highest BCUT2D eigenvalue weighted by Crippen LogP contribution is 2.35. The Morgan fingerprint density at radius 2 is 1.54 bits per heavy atom. The van der Waals surface area contributed by atoms with Gasteiger partial charge in [-0.3, -0.25) is 9.81 Å². The van der Waals surface area contributed by atoms with E-state index in [1.54, 1.807) is 19.9 Å². The minimum atomic E-state index is -1.10. The van der Waals surface area contributed by atoms with E-state index in [1.165, 1.54) is 11.3 Å². The molecule has 0 saturated heterocycles. The lowest BCUT2D eigenvalue weighted by atomic mass is 10.0. The molecule has 0 saturated carbocycles. The Balaban J connectivity index is 2.18. The van der Waals surface area contributed by atoms with Gasteiger partial charge in [-0.1, -0.05) is 72.0 Å². The Labute approximate surface area is 155 Å². The molecule has 4 aromatic rings. The van der Waals surface area contributed by atoms with E-state index in [1.807, 2.05) is 65.1 Å². The maximum atomic E-state index is 10.7. The highest BCUT2D eigenvalue weighted by Gasteiger charge is 2.25. The summed E-state index contributed by atoms with van der Waals surface area (Å²) in [5.41, 5.74) is 3.37. The number of hydrogen-bond acceptors (Lipinski definition) is 4. The zero-order chi connectivity index (χ0) is 18.3. The van der Waals surface area contributed by atoms with E-state index in [0.717, 1.165) is 22.5 Å². The number of rotatable bonds is 3. The van der Waals surface area contributed by atoms with Crippen molar-refractivity contribution in [3.8, 4) is 22.5 Å². The second-order valence-corrected chi connectivity index (χ2v) is 7.72. The first kappa shape index (κ1) is 16.7. The average molecular weight is 361 g/mol. The number of nitrogens with one attached hydrogen (secondary N) is 1. The average Bonchev–Trinajstić information content (AvgIpc) is 3.00. The zero-order valence-electron chi connectivity index (χ0n) is 14.6. The van der Waals surface area contributed by atoms with E-state index in [0.29, 0.717) is 15.3 Å². The van der Waals surface area contributed by atoms with Crippen LogP contribution in [0.4, 0.5) is 0 Å². The molecule has 0 amide bonds. The molecule has 5 heteroatoms. The summed E-state index contributed by atoms with van der Waals surface area (Å²) in [6.45, 7) is 3.48. The predicted octanol–water partition coefficient (Wildman–Crippen LogP) is 4.44. The minimum Gasteiger partial charge on any atom is -0.384 e. The molecule has 0 atom stereocenters. The Morgan fingerprint density at radius 1 is 0.962 bits per heavy atom. The van der Waals surface area contributed by atoms with Crippen LogP contribution in [0.15, 0.2) is 66.7 Å². The molecule has 0 fully saturated rings. The van der Waals surface area contributed by atoms with Crippen LogP contribution in [-0.2, 0) is 5.60 Å². The summed E-state index contributed by atoms with van der Waals surface area (Å²) in [7, 11) is 0. The molecule has 0 spiro atoms. The van der Waals surface area contributed by atoms with E-state index in [4.69, 9.17) is 10.4 Å². The van der Waals surface area contributed by atoms with Crippen LogP contribution in [0.25, 0.3) is 27.5 Å². The van der Waals surface area contributed by atoms with Crippen LogP contribution in [-0.4, -0.2) is 14.5 Å². The Hall–Kier alpha value is -2.76. The van der Waals surface area contributed by atoms with Crippen molar-refractivity contribution in [2.75, 3.05) is 0 Å². The number of nitrogens with zero attached hydrogens (tertiary/aromatic N) is 2. The molecular formula is C21H19N3OS. The van der Waals surface area contributed by atoms with Gasteiger partial charge in [0.2, 0.25) is 0 Å². The molecule has 0 radical (unpaired) electrons. The fraction of sp³-hybridized carbons (Fsp3) is 0.143. The maximum Gasteiger partial charge on any atom is 0.196 e. The van der Waals surface area contributed by atoms with Gasteiger partial charge in [0.25, 0.3) is 0 Å². The molecule has 4 rings (SSSR count). The van der Waals surface area contributed by atoms with Crippen LogP contribution in [0.5, 0.6) is 0 Å². The van der Waals surface area contributed by atoms with Gasteiger partial charge >= 0.3 is 0 Å². The van der Waals surface area contributed by atoms with Crippen molar-refractivity contribution in [1.29, 1.82) is 5.41 Å². The minimum absolute atomic E-state index is 0.374. The molecule has 0 bridgehead atoms. The topological polar surface area (TPSA) is 61.4 Å². The summed E-state index contributed by atoms with van der Waals surface area (Å²) in [6, 6.07) is 21.8. The molecule has 2 aromatic carbocycles. The van der Waals surface area contributed by atoms with Crippen LogP contribution in [0.3, 0.4) is 0 Å². The number of imidazole rings is 1. The molecule has 2 N–H and O–H groups in total. The lowest BCUT2D eigenvalue weighted by Crippen LogP contribution is -2.22. The quantitative estimate of drug-likeness (QED) is 0.567. The molecular weight excluding hydrogens is 342 g/mol. The van der Waals surface area contributed by atoms with Gasteiger partial charge in [-0.15, -0.1) is 0 Å². The summed E-state index contributed by atoms with van der Waals surface area (Å²) in [6.07, 6.45) is 0. The SMILES string of the molecule is CC(C)(O)c1cc(=N)sc2nc(-c3ccccc3)c(-c3ccccc3)n12. The standard InChI is InChI=1S/C21H19N3OS/c1-21(2,25)16-13-17(22)26-20-23-18(14-9-5-3-6-10-14)19(24(16)20)15-11-7-4-8-12-15/h3-13,22,25H,1-2H3. The molecule has 0 aliphatic rings. The van der Waals surface area contributed by atoms with Gasteiger partial charge in [-0.25, -0.2) is 4.98 Å². The van der Waals surface area contributed by atoms with Crippen LogP contribution in [0, 0.1) is 5.41 Å². The van der Waals surface area contributed by atoms with Crippen LogP contribution < -0.4 is 4.67 Å². The lowest BCUT2D eigenvalue weighted by molar-refractivity contribution is 0.0727. The lowest BCUT2D eigenvalue weighted by Gasteiger charge is -2.20. The molecule has 0 unspecified atom stereocenters. The van der Waals surface area contributed by atoms with Crippen molar-refractivity contribution in [3.63, 3.8) is 0 Å². The fourth-order valence-corrected chi connectivity index (χ4v) is 3.90. The van der Waals surface area contributed by atoms with E-state index in [9.17, 15) is 5.11 Å². The van der Waals surface area contributed by atoms with Crippen molar-refractivity contribution >= 4 is 16.3 Å². The van der Waals surface area contributed by atoms with Crippen molar-refractivity contribution in [2.45, 2.75) is 19.4 Å². The molecule has 130 valence electrons. The van der Waals surface area contributed by atoms with E-state index < -0.39 is 5.60 Å². The largest absolute Gasteiger partial charge is 0.384 e. The maximum absolute atomic E-state index is 10.7. The number of hydrogen-bond donors (Lipinski definition) is 2. The van der Waals surface area contributed by atoms with E-state index in [-0.39, 0.29) is 0 Å². The fourth-order valence-electron chi connectivity index (χ4n) is 3.12. The molecule has 0 aliphatic carbocycles. The first-order chi connectivity index (χ1) is 12.4. The van der Waals surface area contributed by atoms with Crippen LogP contribution in [0.2, 0.25) is 0 Å². The summed E-state index contributed by atoms with van der Waals surface area (Å²) in [5.74, 6) is 0. The molecule has 0 aliphatic heterocycles. The van der Waals surface area contributed by atoms with Crippen molar-refractivity contribution in [2.24, 2.45) is 0 Å². The van der Waals surface area contributed by atoms with Gasteiger partial charge in [0.15, 0.2) is 4.96 Å². The van der Waals surface area contributed by atoms with Gasteiger partial charge in [0.1, 0.15) is 4.67 Å². The number of aliphatic hydroxyl groups is 1. The monoisotopic (exact) mass is 361 g/mol. The Kier molecular flexibility index (Phi) is 3.98. The highest BCUT2D eigenvalue weighted by molar-refractivity contribution is 7.14. The van der Waals surface area contributed by atoms with Crippen LogP contribution in [0.1, 0.15) is 19.5 Å². The predicted molar refractivity (Wildman–Crippen MR) is 105 cm³/mol. The summed E-state index contributed by atoms with van der Waals surface area (Å²) < 4.78 is 2.36. The number of benzene rings is 2. The molecule has 26 heavy (non-hydrogen) atoms. The Morgan fingerprint density at radius 3 is 2.12 bits per heavy atom. The molecule has 2 heterocycles. The molecule has 2 aromatic heterocycles. The van der Waals surface area contributed by atoms with Gasteiger partial charge < -0.3 is 5.11 Å². The number of aromatic nitrogens is 2. The third kappa shape index (κ3) is 2.85. The third-order valence-electron chi connectivity index (χ3n) is 4.28. The van der Waals surface area contributed by atoms with Gasteiger partial charge in [-0.2, -0.15) is 0 Å². The summed E-state index contributed by atoms with van der Waals surface area (Å²) in [5, 5.41) is 18.9. The third-order valence-corrected chi connectivity index (χ3v) is 5.07. The normalized spacial score (nSPS) is 11.8. The van der Waals surface area contributed by atoms with Gasteiger partial charge in [0, 0.05) is 11.1 Å². The highest BCUT2D eigenvalue weighted by atomic mass is 32.1. The Bertz CT molecular complexity index is 1120. The molecule has 4 nitrogen and oxygen atoms in total. The zero-order valence-corrected chi connectivity index (χ0v) is 15.4. The second kappa shape index (κ2) is 6.20. The second-order valence-electron chi connectivity index (χ2n) is 6.71. The van der Waals surface area contributed by atoms with E-state index >= 15 is 0 Å². The first-order valence-corrected chi connectivity index (χ1v) is 9.22.